The molecule has 1 aromatic carbocycles. The summed E-state index contributed by atoms with van der Waals surface area (Å²) in [7, 11) is 0. The fraction of sp³-hybridized carbons (Fsp3) is 0.188. The molecule has 7 nitrogen and oxygen atoms in total. The summed E-state index contributed by atoms with van der Waals surface area (Å²) in [6, 6.07) is 8.56. The SMILES string of the molecule is O=C(c1cc(=O)[nH][nH]1)N1CCc2onc(-c3ccc(Cl)cc3)c2C1. The van der Waals surface area contributed by atoms with Crippen molar-refractivity contribution in [1.29, 1.82) is 0 Å². The maximum Gasteiger partial charge on any atom is 0.272 e. The number of aromatic nitrogens is 3. The number of halogens is 1. The molecule has 0 unspecified atom stereocenters. The van der Waals surface area contributed by atoms with Gasteiger partial charge < -0.3 is 9.42 Å². The van der Waals surface area contributed by atoms with E-state index in [0.717, 1.165) is 16.9 Å². The summed E-state index contributed by atoms with van der Waals surface area (Å²) >= 11 is 5.92. The zero-order valence-corrected chi connectivity index (χ0v) is 13.3. The van der Waals surface area contributed by atoms with E-state index in [2.05, 4.69) is 15.4 Å². The molecule has 2 N–H and O–H groups in total. The van der Waals surface area contributed by atoms with E-state index in [9.17, 15) is 9.59 Å². The lowest BCUT2D eigenvalue weighted by Crippen LogP contribution is -2.36. The summed E-state index contributed by atoms with van der Waals surface area (Å²) in [5.74, 6) is 0.550. The number of carbonyl (C=O) groups excluding carboxylic acids is 1. The van der Waals surface area contributed by atoms with Crippen LogP contribution in [0.5, 0.6) is 0 Å². The molecule has 122 valence electrons. The Morgan fingerprint density at radius 2 is 2.04 bits per heavy atom. The zero-order chi connectivity index (χ0) is 16.7. The van der Waals surface area contributed by atoms with Crippen LogP contribution in [0.1, 0.15) is 21.8 Å². The van der Waals surface area contributed by atoms with Gasteiger partial charge in [0.25, 0.3) is 11.5 Å². The average molecular weight is 345 g/mol. The van der Waals surface area contributed by atoms with Gasteiger partial charge in [0.15, 0.2) is 0 Å². The maximum atomic E-state index is 12.5. The number of nitrogens with zero attached hydrogens (tertiary/aromatic N) is 2. The van der Waals surface area contributed by atoms with Gasteiger partial charge >= 0.3 is 0 Å². The molecule has 3 aromatic rings. The molecule has 2 aromatic heterocycles. The van der Waals surface area contributed by atoms with Gasteiger partial charge in [0.1, 0.15) is 17.1 Å². The fourth-order valence-corrected chi connectivity index (χ4v) is 2.96. The van der Waals surface area contributed by atoms with Crippen LogP contribution in [0.25, 0.3) is 11.3 Å². The van der Waals surface area contributed by atoms with Crippen molar-refractivity contribution in [2.24, 2.45) is 0 Å². The minimum atomic E-state index is -0.331. The highest BCUT2D eigenvalue weighted by atomic mass is 35.5. The number of fused-ring (bicyclic) bond motifs is 1. The smallest absolute Gasteiger partial charge is 0.272 e. The topological polar surface area (TPSA) is 95.0 Å². The number of aromatic amines is 2. The molecule has 0 atom stereocenters. The van der Waals surface area contributed by atoms with Gasteiger partial charge in [0.2, 0.25) is 0 Å². The highest BCUT2D eigenvalue weighted by Crippen LogP contribution is 2.30. The first-order valence-corrected chi connectivity index (χ1v) is 7.80. The highest BCUT2D eigenvalue weighted by molar-refractivity contribution is 6.30. The van der Waals surface area contributed by atoms with Gasteiger partial charge in [-0.3, -0.25) is 19.8 Å². The van der Waals surface area contributed by atoms with Gasteiger partial charge in [-0.1, -0.05) is 28.9 Å². The van der Waals surface area contributed by atoms with E-state index in [1.165, 1.54) is 6.07 Å². The van der Waals surface area contributed by atoms with Crippen molar-refractivity contribution in [3.05, 3.63) is 62.7 Å². The summed E-state index contributed by atoms with van der Waals surface area (Å²) in [6.07, 6.45) is 0.580. The summed E-state index contributed by atoms with van der Waals surface area (Å²) in [5, 5.41) is 9.76. The van der Waals surface area contributed by atoms with E-state index in [-0.39, 0.29) is 17.2 Å². The summed E-state index contributed by atoms with van der Waals surface area (Å²) in [6.45, 7) is 0.886. The van der Waals surface area contributed by atoms with E-state index < -0.39 is 0 Å². The maximum absolute atomic E-state index is 12.5. The number of nitrogens with one attached hydrogen (secondary N) is 2. The Balaban J connectivity index is 1.65. The van der Waals surface area contributed by atoms with E-state index >= 15 is 0 Å². The molecule has 0 spiro atoms. The van der Waals surface area contributed by atoms with Crippen LogP contribution in [0.15, 0.2) is 39.6 Å². The van der Waals surface area contributed by atoms with Crippen molar-refractivity contribution in [1.82, 2.24) is 20.3 Å². The predicted molar refractivity (Wildman–Crippen MR) is 86.8 cm³/mol. The monoisotopic (exact) mass is 344 g/mol. The first kappa shape index (κ1) is 14.8. The Hall–Kier alpha value is -2.80. The quantitative estimate of drug-likeness (QED) is 0.745. The van der Waals surface area contributed by atoms with E-state index in [1.807, 2.05) is 12.1 Å². The molecule has 4 rings (SSSR count). The van der Waals surface area contributed by atoms with Crippen molar-refractivity contribution in [2.45, 2.75) is 13.0 Å². The van der Waals surface area contributed by atoms with Crippen LogP contribution in [0.3, 0.4) is 0 Å². The summed E-state index contributed by atoms with van der Waals surface area (Å²) in [5.41, 5.74) is 2.39. The van der Waals surface area contributed by atoms with E-state index in [4.69, 9.17) is 16.1 Å². The van der Waals surface area contributed by atoms with Crippen molar-refractivity contribution >= 4 is 17.5 Å². The molecular weight excluding hydrogens is 332 g/mol. The first-order valence-electron chi connectivity index (χ1n) is 7.42. The number of hydrogen-bond acceptors (Lipinski definition) is 4. The molecule has 0 saturated carbocycles. The average Bonchev–Trinajstić information content (AvgIpc) is 3.21. The lowest BCUT2D eigenvalue weighted by molar-refractivity contribution is 0.0723. The largest absolute Gasteiger partial charge is 0.360 e. The van der Waals surface area contributed by atoms with E-state index in [1.54, 1.807) is 17.0 Å². The molecule has 0 radical (unpaired) electrons. The Labute approximate surface area is 141 Å². The number of hydrogen-bond donors (Lipinski definition) is 2. The van der Waals surface area contributed by atoms with Crippen molar-refractivity contribution in [3.63, 3.8) is 0 Å². The molecular formula is C16H13ClN4O3. The van der Waals surface area contributed by atoms with Gasteiger partial charge in [0, 0.05) is 35.2 Å². The Kier molecular flexibility index (Phi) is 3.50. The zero-order valence-electron chi connectivity index (χ0n) is 12.5. The highest BCUT2D eigenvalue weighted by Gasteiger charge is 2.28. The predicted octanol–water partition coefficient (Wildman–Crippen LogP) is 2.21. The van der Waals surface area contributed by atoms with Crippen molar-refractivity contribution in [2.75, 3.05) is 6.54 Å². The molecule has 1 aliphatic heterocycles. The minimum absolute atomic E-state index is 0.234. The van der Waals surface area contributed by atoms with Crippen LogP contribution in [0.4, 0.5) is 0 Å². The Bertz CT molecular complexity index is 954. The molecule has 0 bridgehead atoms. The van der Waals surface area contributed by atoms with Gasteiger partial charge in [-0.05, 0) is 12.1 Å². The van der Waals surface area contributed by atoms with Gasteiger partial charge in [-0.25, -0.2) is 0 Å². The van der Waals surface area contributed by atoms with Crippen LogP contribution < -0.4 is 5.56 Å². The number of H-pyrrole nitrogens is 2. The Morgan fingerprint density at radius 1 is 1.25 bits per heavy atom. The number of rotatable bonds is 2. The second-order valence-electron chi connectivity index (χ2n) is 5.59. The van der Waals surface area contributed by atoms with E-state index in [0.29, 0.717) is 30.2 Å². The lowest BCUT2D eigenvalue weighted by atomic mass is 10.0. The van der Waals surface area contributed by atoms with Crippen LogP contribution in [0, 0.1) is 0 Å². The second-order valence-corrected chi connectivity index (χ2v) is 6.03. The molecule has 24 heavy (non-hydrogen) atoms. The number of carbonyl (C=O) groups is 1. The summed E-state index contributed by atoms with van der Waals surface area (Å²) < 4.78 is 5.42. The lowest BCUT2D eigenvalue weighted by Gasteiger charge is -2.25. The third-order valence-electron chi connectivity index (χ3n) is 4.06. The third-order valence-corrected chi connectivity index (χ3v) is 4.31. The molecule has 0 aliphatic carbocycles. The molecule has 0 saturated heterocycles. The fourth-order valence-electron chi connectivity index (χ4n) is 2.83. The third kappa shape index (κ3) is 2.52. The normalized spacial score (nSPS) is 13.8. The van der Waals surface area contributed by atoms with Crippen LogP contribution in [-0.2, 0) is 13.0 Å². The number of amides is 1. The molecule has 3 heterocycles. The molecule has 1 amide bonds. The number of benzene rings is 1. The van der Waals surface area contributed by atoms with Gasteiger partial charge in [-0.2, -0.15) is 0 Å². The first-order chi connectivity index (χ1) is 11.6. The second kappa shape index (κ2) is 5.68. The minimum Gasteiger partial charge on any atom is -0.360 e. The van der Waals surface area contributed by atoms with Crippen molar-refractivity contribution in [3.8, 4) is 11.3 Å². The molecule has 1 aliphatic rings. The van der Waals surface area contributed by atoms with Gasteiger partial charge in [-0.15, -0.1) is 0 Å². The van der Waals surface area contributed by atoms with Crippen LogP contribution >= 0.6 is 11.6 Å². The Morgan fingerprint density at radius 3 is 2.75 bits per heavy atom. The molecule has 8 heteroatoms. The summed E-state index contributed by atoms with van der Waals surface area (Å²) in [4.78, 5) is 25.4. The van der Waals surface area contributed by atoms with Crippen LogP contribution in [0.2, 0.25) is 5.02 Å². The van der Waals surface area contributed by atoms with Crippen molar-refractivity contribution < 1.29 is 9.32 Å². The van der Waals surface area contributed by atoms with Crippen LogP contribution in [-0.4, -0.2) is 32.7 Å². The standard InChI is InChI=1S/C16H13ClN4O3/c17-10-3-1-9(2-4-10)15-11-8-21(6-5-13(11)24-20-15)16(23)12-7-14(22)19-18-12/h1-4,7H,5-6,8H2,(H2,18,19,22). The van der Waals surface area contributed by atoms with Gasteiger partial charge in [0.05, 0.1) is 6.54 Å². The molecule has 0 fully saturated rings.